The largest absolute Gasteiger partial charge is 0.472 e. The molecular weight excluding hydrogens is 752 g/mol. The molecule has 8 fully saturated rings. The van der Waals surface area contributed by atoms with Crippen LogP contribution in [0.2, 0.25) is 0 Å². The number of ketones is 1. The molecule has 312 valence electrons. The molecule has 1 aromatic heterocycles. The molecule has 8 aliphatic rings. The highest BCUT2D eigenvalue weighted by Crippen LogP contribution is 2.88. The van der Waals surface area contributed by atoms with Gasteiger partial charge in [-0.3, -0.25) is 38.3 Å². The minimum absolute atomic E-state index is 0.0763. The molecule has 13 atom stereocenters. The zero-order valence-electron chi connectivity index (χ0n) is 34.0. The maximum absolute atomic E-state index is 15.1. The number of ether oxygens (including phenoxy) is 9. The molecule has 9 rings (SSSR count). The molecule has 1 aromatic rings. The molecule has 17 nitrogen and oxygen atoms in total. The quantitative estimate of drug-likeness (QED) is 0.177. The van der Waals surface area contributed by atoms with Crippen molar-refractivity contribution in [1.82, 2.24) is 0 Å². The summed E-state index contributed by atoms with van der Waals surface area (Å²) in [5, 5.41) is 0. The number of esters is 6. The number of carbonyl (C=O) groups is 7. The molecule has 0 radical (unpaired) electrons. The van der Waals surface area contributed by atoms with Crippen LogP contribution < -0.4 is 0 Å². The number of rotatable bonds is 11. The zero-order valence-corrected chi connectivity index (χ0v) is 34.0. The summed E-state index contributed by atoms with van der Waals surface area (Å²) in [7, 11) is 2.38. The van der Waals surface area contributed by atoms with Crippen LogP contribution in [-0.4, -0.2) is 96.6 Å². The fourth-order valence-corrected chi connectivity index (χ4v) is 12.9. The standard InChI is InChI=1S/C40H50O17/c1-19(2)29(47)52-32-39-25(15-27(45)49-11)33(6,28(46)23-12-13-50-16-23)17-37(53-21(4)42)30(39)35(8)24(14-26(44)48-10)34(7)18-38(35,56-36(9,55-37)57-39)40(32,54-22(5)43)31(34)51-20(3)41/h12-13,16,19,24-25,30-32H,14-15,17-18H2,1-11H3/t24-,25+,30-,31-,32-,33+,34+,35+,36-,37+,38+,39+,40-/m0/s1. The molecule has 0 unspecified atom stereocenters. The van der Waals surface area contributed by atoms with Crippen molar-refractivity contribution in [3.05, 3.63) is 24.2 Å². The summed E-state index contributed by atoms with van der Waals surface area (Å²) < 4.78 is 62.9. The first-order valence-corrected chi connectivity index (χ1v) is 19.0. The van der Waals surface area contributed by atoms with E-state index >= 15 is 4.79 Å². The monoisotopic (exact) mass is 802 g/mol. The molecule has 4 aliphatic heterocycles. The fourth-order valence-electron chi connectivity index (χ4n) is 12.9. The summed E-state index contributed by atoms with van der Waals surface area (Å²) in [4.78, 5) is 97.6. The Morgan fingerprint density at radius 2 is 1.39 bits per heavy atom. The third-order valence-corrected chi connectivity index (χ3v) is 14.1. The summed E-state index contributed by atoms with van der Waals surface area (Å²) in [6.07, 6.45) is -2.31. The first-order valence-electron chi connectivity index (χ1n) is 19.0. The third kappa shape index (κ3) is 4.93. The highest BCUT2D eigenvalue weighted by molar-refractivity contribution is 6.01. The molecule has 5 heterocycles. The Hall–Kier alpha value is -4.35. The lowest BCUT2D eigenvalue weighted by Gasteiger charge is -2.75. The molecular formula is C40H50O17. The highest BCUT2D eigenvalue weighted by atomic mass is 16.9. The van der Waals surface area contributed by atoms with Gasteiger partial charge in [-0.05, 0) is 18.4 Å². The summed E-state index contributed by atoms with van der Waals surface area (Å²) >= 11 is 0. The van der Waals surface area contributed by atoms with E-state index in [1.54, 1.807) is 34.6 Å². The first-order chi connectivity index (χ1) is 26.4. The van der Waals surface area contributed by atoms with Crippen molar-refractivity contribution >= 4 is 41.6 Å². The molecule has 0 aromatic carbocycles. The molecule has 4 aliphatic carbocycles. The van der Waals surface area contributed by atoms with Crippen LogP contribution in [0.15, 0.2) is 23.0 Å². The van der Waals surface area contributed by atoms with Gasteiger partial charge in [-0.2, -0.15) is 0 Å². The minimum Gasteiger partial charge on any atom is -0.472 e. The number of carbonyl (C=O) groups excluding carboxylic acids is 7. The maximum atomic E-state index is 15.1. The van der Waals surface area contributed by atoms with Crippen LogP contribution in [0.4, 0.5) is 0 Å². The second kappa shape index (κ2) is 12.6. The van der Waals surface area contributed by atoms with Crippen LogP contribution in [0, 0.1) is 39.9 Å². The highest BCUT2D eigenvalue weighted by Gasteiger charge is 3.03. The van der Waals surface area contributed by atoms with Gasteiger partial charge in [0.2, 0.25) is 11.4 Å². The van der Waals surface area contributed by atoms with Gasteiger partial charge in [0.05, 0.1) is 44.3 Å². The van der Waals surface area contributed by atoms with Crippen LogP contribution in [0.25, 0.3) is 0 Å². The molecule has 0 N–H and O–H groups in total. The molecule has 6 bridgehead atoms. The van der Waals surface area contributed by atoms with E-state index in [4.69, 9.17) is 47.0 Å². The Kier molecular flexibility index (Phi) is 9.01. The molecule has 0 amide bonds. The summed E-state index contributed by atoms with van der Waals surface area (Å²) in [5.41, 5.74) is -11.3. The minimum atomic E-state index is -2.33. The van der Waals surface area contributed by atoms with E-state index in [9.17, 15) is 28.8 Å². The van der Waals surface area contributed by atoms with Gasteiger partial charge in [0, 0.05) is 62.7 Å². The Morgan fingerprint density at radius 3 is 1.91 bits per heavy atom. The summed E-state index contributed by atoms with van der Waals surface area (Å²) in [5.74, 6) is -14.4. The number of furan rings is 1. The smallest absolute Gasteiger partial charge is 0.308 e. The van der Waals surface area contributed by atoms with Crippen LogP contribution in [0.5, 0.6) is 0 Å². The van der Waals surface area contributed by atoms with E-state index in [1.165, 1.54) is 32.6 Å². The van der Waals surface area contributed by atoms with Gasteiger partial charge < -0.3 is 42.3 Å². The summed E-state index contributed by atoms with van der Waals surface area (Å²) in [6.45, 7) is 13.0. The molecule has 4 saturated carbocycles. The van der Waals surface area contributed by atoms with E-state index in [-0.39, 0.29) is 18.4 Å². The second-order valence-corrected chi connectivity index (χ2v) is 17.6. The van der Waals surface area contributed by atoms with Crippen molar-refractivity contribution < 1.29 is 80.6 Å². The lowest BCUT2D eigenvalue weighted by atomic mass is 9.34. The Balaban J connectivity index is 1.71. The lowest BCUT2D eigenvalue weighted by Crippen LogP contribution is -2.91. The van der Waals surface area contributed by atoms with Crippen LogP contribution in [0.3, 0.4) is 0 Å². The van der Waals surface area contributed by atoms with E-state index in [1.807, 2.05) is 0 Å². The fraction of sp³-hybridized carbons (Fsp3) is 0.725. The SMILES string of the molecule is COC(=O)C[C@H]1[C@@]2(C)C[C@@]34O[C@]5(C)O[C@]6(OC(C)=O)C[C@@](C)(C(=O)c7ccoc7)[C@@H](CC(=O)OC)[C@@](O5)([C@H]6[C@@]13C)[C@H](OC(=O)C(C)C)[C@@]4(OC(C)=O)[C@H]2OC(C)=O. The molecule has 4 saturated heterocycles. The Bertz CT molecular complexity index is 1940. The van der Waals surface area contributed by atoms with E-state index in [0.717, 1.165) is 27.9 Å². The number of Topliss-reactive ketones (excluding diaryl/α,β-unsaturated/α-hetero) is 1. The zero-order chi connectivity index (χ0) is 42.1. The normalized spacial score (nSPS) is 44.2. The van der Waals surface area contributed by atoms with E-state index in [0.29, 0.717) is 0 Å². The van der Waals surface area contributed by atoms with Crippen molar-refractivity contribution in [1.29, 1.82) is 0 Å². The number of methoxy groups -OCH3 is 2. The molecule has 17 heteroatoms. The number of hydrogen-bond acceptors (Lipinski definition) is 17. The van der Waals surface area contributed by atoms with Crippen molar-refractivity contribution in [3.63, 3.8) is 0 Å². The summed E-state index contributed by atoms with van der Waals surface area (Å²) in [6, 6.07) is 1.43. The first kappa shape index (κ1) is 40.8. The van der Waals surface area contributed by atoms with Crippen molar-refractivity contribution in [2.75, 3.05) is 14.2 Å². The van der Waals surface area contributed by atoms with Crippen molar-refractivity contribution in [2.24, 2.45) is 39.9 Å². The van der Waals surface area contributed by atoms with Gasteiger partial charge in [0.1, 0.15) is 17.5 Å². The van der Waals surface area contributed by atoms with E-state index in [2.05, 4.69) is 0 Å². The average Bonchev–Trinajstić information content (AvgIpc) is 3.71. The number of fused-ring (bicyclic) bond motifs is 1. The number of hydrogen-bond donors (Lipinski definition) is 0. The van der Waals surface area contributed by atoms with Gasteiger partial charge in [-0.15, -0.1) is 0 Å². The Labute approximate surface area is 328 Å². The average molecular weight is 803 g/mol. The molecule has 2 spiro atoms. The second-order valence-electron chi connectivity index (χ2n) is 17.6. The van der Waals surface area contributed by atoms with Crippen LogP contribution in [0.1, 0.15) is 98.4 Å². The Morgan fingerprint density at radius 1 is 0.772 bits per heavy atom. The van der Waals surface area contributed by atoms with Gasteiger partial charge in [-0.1, -0.05) is 34.6 Å². The topological polar surface area (TPSA) is 216 Å². The van der Waals surface area contributed by atoms with Crippen molar-refractivity contribution in [2.45, 2.75) is 129 Å². The van der Waals surface area contributed by atoms with Gasteiger partial charge >= 0.3 is 35.8 Å². The third-order valence-electron chi connectivity index (χ3n) is 14.1. The van der Waals surface area contributed by atoms with Crippen LogP contribution in [-0.2, 0) is 71.4 Å². The van der Waals surface area contributed by atoms with Gasteiger partial charge in [0.25, 0.3) is 5.97 Å². The van der Waals surface area contributed by atoms with Gasteiger partial charge in [0.15, 0.2) is 18.0 Å². The lowest BCUT2D eigenvalue weighted by molar-refractivity contribution is -0.530. The molecule has 57 heavy (non-hydrogen) atoms. The predicted octanol–water partition coefficient (Wildman–Crippen LogP) is 3.58. The van der Waals surface area contributed by atoms with Gasteiger partial charge in [-0.25, -0.2) is 0 Å². The van der Waals surface area contributed by atoms with Crippen molar-refractivity contribution in [3.8, 4) is 0 Å². The maximum Gasteiger partial charge on any atom is 0.308 e. The van der Waals surface area contributed by atoms with Crippen LogP contribution >= 0.6 is 0 Å². The van der Waals surface area contributed by atoms with E-state index < -0.39 is 135 Å². The predicted molar refractivity (Wildman–Crippen MR) is 187 cm³/mol.